The van der Waals surface area contributed by atoms with Crippen molar-refractivity contribution in [3.05, 3.63) is 29.8 Å². The van der Waals surface area contributed by atoms with Crippen LogP contribution in [0.15, 0.2) is 29.2 Å². The lowest BCUT2D eigenvalue weighted by Gasteiger charge is -2.27. The Morgan fingerprint density at radius 2 is 2.21 bits per heavy atom. The number of hydrogen-bond donors (Lipinski definition) is 0. The van der Waals surface area contributed by atoms with Gasteiger partial charge in [0.1, 0.15) is 0 Å². The second-order valence-electron chi connectivity index (χ2n) is 5.03. The van der Waals surface area contributed by atoms with Gasteiger partial charge in [-0.1, -0.05) is 6.07 Å². The topological polar surface area (TPSA) is 54.5 Å². The molecule has 4 nitrogen and oxygen atoms in total. The quantitative estimate of drug-likeness (QED) is 0.775. The van der Waals surface area contributed by atoms with Crippen molar-refractivity contribution >= 4 is 27.5 Å². The highest BCUT2D eigenvalue weighted by Crippen LogP contribution is 2.34. The van der Waals surface area contributed by atoms with Crippen molar-refractivity contribution in [1.82, 2.24) is 4.90 Å². The van der Waals surface area contributed by atoms with E-state index in [1.165, 1.54) is 0 Å². The normalized spacial score (nSPS) is 27.7. The maximum atomic E-state index is 12.4. The van der Waals surface area contributed by atoms with Crippen LogP contribution in [0.5, 0.6) is 0 Å². The molecule has 0 spiro atoms. The lowest BCUT2D eigenvalue weighted by atomic mass is 10.2. The van der Waals surface area contributed by atoms with Gasteiger partial charge < -0.3 is 4.90 Å². The van der Waals surface area contributed by atoms with Gasteiger partial charge in [-0.2, -0.15) is 0 Å². The Balaban J connectivity index is 1.83. The number of benzene rings is 1. The van der Waals surface area contributed by atoms with Crippen LogP contribution in [-0.2, 0) is 9.84 Å². The Labute approximate surface area is 117 Å². The Kier molecular flexibility index (Phi) is 3.09. The van der Waals surface area contributed by atoms with Gasteiger partial charge in [-0.25, -0.2) is 8.42 Å². The van der Waals surface area contributed by atoms with E-state index >= 15 is 0 Å². The summed E-state index contributed by atoms with van der Waals surface area (Å²) in [7, 11) is -2.95. The highest BCUT2D eigenvalue weighted by Gasteiger charge is 2.50. The molecule has 102 valence electrons. The second kappa shape index (κ2) is 4.52. The number of sulfone groups is 1. The predicted molar refractivity (Wildman–Crippen MR) is 75.2 cm³/mol. The van der Waals surface area contributed by atoms with Gasteiger partial charge in [0.2, 0.25) is 0 Å². The zero-order valence-corrected chi connectivity index (χ0v) is 12.2. The molecule has 2 fully saturated rings. The van der Waals surface area contributed by atoms with Crippen molar-refractivity contribution in [1.29, 1.82) is 0 Å². The van der Waals surface area contributed by atoms with E-state index in [0.717, 1.165) is 4.90 Å². The van der Waals surface area contributed by atoms with Crippen LogP contribution in [0, 0.1) is 0 Å². The first-order valence-corrected chi connectivity index (χ1v) is 9.12. The van der Waals surface area contributed by atoms with E-state index in [0.29, 0.717) is 18.5 Å². The number of fused-ring (bicyclic) bond motifs is 2. The van der Waals surface area contributed by atoms with Crippen LogP contribution in [-0.4, -0.2) is 49.1 Å². The van der Waals surface area contributed by atoms with E-state index in [9.17, 15) is 13.2 Å². The monoisotopic (exact) mass is 297 g/mol. The molecule has 1 aromatic rings. The molecule has 0 radical (unpaired) electrons. The Morgan fingerprint density at radius 3 is 2.79 bits per heavy atom. The summed E-state index contributed by atoms with van der Waals surface area (Å²) in [6.45, 7) is 0.356. The highest BCUT2D eigenvalue weighted by molar-refractivity contribution is 7.98. The van der Waals surface area contributed by atoms with Crippen molar-refractivity contribution < 1.29 is 13.2 Å². The van der Waals surface area contributed by atoms with Gasteiger partial charge in [0, 0.05) is 23.0 Å². The van der Waals surface area contributed by atoms with E-state index in [2.05, 4.69) is 0 Å². The van der Waals surface area contributed by atoms with E-state index in [4.69, 9.17) is 0 Å². The standard InChI is InChI=1S/C13H15NO3S2/c1-18-11-4-2-3-9(5-11)13(15)14-7-12-6-10(14)8-19(12,16)17/h2-5,10,12H,6-8H2,1H3. The summed E-state index contributed by atoms with van der Waals surface area (Å²) in [5, 5.41) is -0.342. The maximum Gasteiger partial charge on any atom is 0.254 e. The summed E-state index contributed by atoms with van der Waals surface area (Å²) in [6, 6.07) is 7.36. The molecule has 1 aromatic carbocycles. The summed E-state index contributed by atoms with van der Waals surface area (Å²) >= 11 is 1.59. The summed E-state index contributed by atoms with van der Waals surface area (Å²) in [5.41, 5.74) is 0.650. The minimum Gasteiger partial charge on any atom is -0.333 e. The third-order valence-corrected chi connectivity index (χ3v) is 6.82. The lowest BCUT2D eigenvalue weighted by molar-refractivity contribution is 0.0745. The van der Waals surface area contributed by atoms with Crippen LogP contribution >= 0.6 is 11.8 Å². The maximum absolute atomic E-state index is 12.4. The first-order valence-electron chi connectivity index (χ1n) is 6.18. The van der Waals surface area contributed by atoms with Crippen molar-refractivity contribution in [2.75, 3.05) is 18.6 Å². The van der Waals surface area contributed by atoms with E-state index < -0.39 is 9.84 Å². The Morgan fingerprint density at radius 1 is 1.42 bits per heavy atom. The first-order chi connectivity index (χ1) is 9.01. The fourth-order valence-corrected chi connectivity index (χ4v) is 5.35. The average molecular weight is 297 g/mol. The van der Waals surface area contributed by atoms with Gasteiger partial charge in [0.05, 0.1) is 11.0 Å². The fraction of sp³-hybridized carbons (Fsp3) is 0.462. The second-order valence-corrected chi connectivity index (χ2v) is 8.24. The molecule has 2 aliphatic heterocycles. The largest absolute Gasteiger partial charge is 0.333 e. The summed E-state index contributed by atoms with van der Waals surface area (Å²) < 4.78 is 23.4. The van der Waals surface area contributed by atoms with Crippen molar-refractivity contribution in [2.45, 2.75) is 22.6 Å². The molecule has 2 heterocycles. The third kappa shape index (κ3) is 2.17. The molecule has 3 rings (SSSR count). The van der Waals surface area contributed by atoms with E-state index in [1.807, 2.05) is 24.5 Å². The van der Waals surface area contributed by atoms with Crippen molar-refractivity contribution in [3.8, 4) is 0 Å². The number of likely N-dealkylation sites (tertiary alicyclic amines) is 1. The zero-order chi connectivity index (χ0) is 13.6. The molecule has 2 atom stereocenters. The molecule has 2 aliphatic rings. The summed E-state index contributed by atoms with van der Waals surface area (Å²) in [6.07, 6.45) is 2.57. The molecule has 2 bridgehead atoms. The zero-order valence-electron chi connectivity index (χ0n) is 10.6. The molecule has 0 N–H and O–H groups in total. The highest BCUT2D eigenvalue weighted by atomic mass is 32.2. The first kappa shape index (κ1) is 13.0. The molecular formula is C13H15NO3S2. The smallest absolute Gasteiger partial charge is 0.254 e. The molecule has 6 heteroatoms. The van der Waals surface area contributed by atoms with Crippen LogP contribution in [0.4, 0.5) is 0 Å². The summed E-state index contributed by atoms with van der Waals surface area (Å²) in [4.78, 5) is 15.2. The van der Waals surface area contributed by atoms with Gasteiger partial charge in [0.25, 0.3) is 5.91 Å². The molecular weight excluding hydrogens is 282 g/mol. The number of thioether (sulfide) groups is 1. The summed E-state index contributed by atoms with van der Waals surface area (Å²) in [5.74, 6) is 0.0873. The van der Waals surface area contributed by atoms with Crippen LogP contribution in [0.1, 0.15) is 16.8 Å². The van der Waals surface area contributed by atoms with Crippen molar-refractivity contribution in [3.63, 3.8) is 0 Å². The van der Waals surface area contributed by atoms with Gasteiger partial charge >= 0.3 is 0 Å². The van der Waals surface area contributed by atoms with Gasteiger partial charge in [-0.05, 0) is 30.9 Å². The Bertz CT molecular complexity index is 627. The molecule has 0 saturated carbocycles. The average Bonchev–Trinajstić information content (AvgIpc) is 2.93. The minimum atomic E-state index is -2.95. The minimum absolute atomic E-state index is 0.0432. The van der Waals surface area contributed by atoms with Crippen LogP contribution < -0.4 is 0 Å². The van der Waals surface area contributed by atoms with E-state index in [1.54, 1.807) is 22.7 Å². The van der Waals surface area contributed by atoms with Crippen LogP contribution in [0.3, 0.4) is 0 Å². The predicted octanol–water partition coefficient (Wildman–Crippen LogP) is 1.42. The van der Waals surface area contributed by atoms with Gasteiger partial charge in [0.15, 0.2) is 9.84 Å². The van der Waals surface area contributed by atoms with Crippen LogP contribution in [0.25, 0.3) is 0 Å². The number of amides is 1. The molecule has 19 heavy (non-hydrogen) atoms. The number of nitrogens with zero attached hydrogens (tertiary/aromatic N) is 1. The van der Waals surface area contributed by atoms with Gasteiger partial charge in [-0.15, -0.1) is 11.8 Å². The van der Waals surface area contributed by atoms with E-state index in [-0.39, 0.29) is 23.0 Å². The SMILES string of the molecule is CSc1cccc(C(=O)N2CC3CC2CS3(=O)=O)c1. The number of carbonyl (C=O) groups is 1. The number of carbonyl (C=O) groups excluding carboxylic acids is 1. The lowest BCUT2D eigenvalue weighted by Crippen LogP contribution is -2.44. The fourth-order valence-electron chi connectivity index (χ4n) is 2.87. The number of rotatable bonds is 2. The molecule has 0 aromatic heterocycles. The molecule has 1 amide bonds. The molecule has 2 saturated heterocycles. The number of hydrogen-bond acceptors (Lipinski definition) is 4. The van der Waals surface area contributed by atoms with Crippen LogP contribution in [0.2, 0.25) is 0 Å². The molecule has 2 unspecified atom stereocenters. The molecule has 0 aliphatic carbocycles. The Hall–Kier alpha value is -1.01. The van der Waals surface area contributed by atoms with Crippen molar-refractivity contribution in [2.24, 2.45) is 0 Å². The third-order valence-electron chi connectivity index (χ3n) is 3.89. The van der Waals surface area contributed by atoms with Gasteiger partial charge in [-0.3, -0.25) is 4.79 Å².